The van der Waals surface area contributed by atoms with E-state index in [0.717, 1.165) is 0 Å². The zero-order valence-electron chi connectivity index (χ0n) is 3.09. The Kier molecular flexibility index (Phi) is 1.33. The van der Waals surface area contributed by atoms with Crippen LogP contribution in [-0.2, 0) is 0 Å². The van der Waals surface area contributed by atoms with Gasteiger partial charge in [0.25, 0.3) is 0 Å². The summed E-state index contributed by atoms with van der Waals surface area (Å²) in [6, 6.07) is 4.11. The molecule has 1 aromatic rings. The van der Waals surface area contributed by atoms with Gasteiger partial charge in [-0.25, -0.2) is 0 Å². The molecule has 0 spiro atoms. The monoisotopic (exact) mass is 158 g/mol. The zero-order valence-corrected chi connectivity index (χ0v) is 5.78. The summed E-state index contributed by atoms with van der Waals surface area (Å²) in [4.78, 5) is 0. The van der Waals surface area contributed by atoms with Crippen LogP contribution in [0, 0.1) is 0 Å². The SMILES string of the molecule is [As]c1cccs1. The Bertz CT molecular complexity index is 111. The molecule has 0 fully saturated rings. The van der Waals surface area contributed by atoms with Crippen molar-refractivity contribution in [3.8, 4) is 0 Å². The second-order valence-electron chi connectivity index (χ2n) is 0.951. The van der Waals surface area contributed by atoms with Crippen LogP contribution < -0.4 is 3.66 Å². The standard InChI is InChI=1S/C4H3AsS/c5-4-2-1-3-6-4/h1-3H. The molecule has 2 radical (unpaired) electrons. The van der Waals surface area contributed by atoms with Crippen molar-refractivity contribution in [1.82, 2.24) is 0 Å². The van der Waals surface area contributed by atoms with Gasteiger partial charge in [0, 0.05) is 0 Å². The molecule has 0 aliphatic rings. The maximum absolute atomic E-state index is 2.50. The van der Waals surface area contributed by atoms with E-state index in [2.05, 4.69) is 28.3 Å². The van der Waals surface area contributed by atoms with E-state index < -0.39 is 0 Å². The third-order valence-corrected chi connectivity index (χ3v) is 2.15. The number of rotatable bonds is 0. The first-order valence-corrected chi connectivity index (χ1v) is 3.44. The van der Waals surface area contributed by atoms with E-state index in [4.69, 9.17) is 0 Å². The van der Waals surface area contributed by atoms with E-state index in [1.807, 2.05) is 6.07 Å². The molecule has 0 bridgehead atoms. The van der Waals surface area contributed by atoms with Crippen LogP contribution >= 0.6 is 11.3 Å². The maximum atomic E-state index is 2.50. The van der Waals surface area contributed by atoms with Gasteiger partial charge in [0.05, 0.1) is 0 Å². The van der Waals surface area contributed by atoms with Crippen LogP contribution in [0.25, 0.3) is 0 Å². The van der Waals surface area contributed by atoms with Gasteiger partial charge in [0.2, 0.25) is 0 Å². The molecule has 30 valence electrons. The first-order chi connectivity index (χ1) is 2.89. The average Bonchev–Trinajstić information content (AvgIpc) is 1.86. The Morgan fingerprint density at radius 2 is 2.50 bits per heavy atom. The minimum atomic E-state index is 1.32. The van der Waals surface area contributed by atoms with E-state index in [1.165, 1.54) is 3.66 Å². The van der Waals surface area contributed by atoms with Crippen molar-refractivity contribution in [2.45, 2.75) is 0 Å². The Morgan fingerprint density at radius 1 is 1.67 bits per heavy atom. The summed E-state index contributed by atoms with van der Waals surface area (Å²) in [5.41, 5.74) is 0. The van der Waals surface area contributed by atoms with Gasteiger partial charge in [-0.3, -0.25) is 0 Å². The van der Waals surface area contributed by atoms with Crippen LogP contribution in [0.4, 0.5) is 0 Å². The summed E-state index contributed by atoms with van der Waals surface area (Å²) >= 11 is 4.25. The van der Waals surface area contributed by atoms with Gasteiger partial charge in [-0.15, -0.1) is 0 Å². The van der Waals surface area contributed by atoms with E-state index in [1.54, 1.807) is 11.3 Å². The molecule has 0 aromatic carbocycles. The summed E-state index contributed by atoms with van der Waals surface area (Å²) in [5.74, 6) is 0. The molecule has 0 unspecified atom stereocenters. The van der Waals surface area contributed by atoms with Gasteiger partial charge >= 0.3 is 49.4 Å². The van der Waals surface area contributed by atoms with Crippen LogP contribution in [0.2, 0.25) is 0 Å². The summed E-state index contributed by atoms with van der Waals surface area (Å²) in [6.45, 7) is 0. The predicted molar refractivity (Wildman–Crippen MR) is 29.7 cm³/mol. The molecule has 0 saturated heterocycles. The van der Waals surface area contributed by atoms with Crippen LogP contribution in [0.15, 0.2) is 17.5 Å². The molecular formula is C4H3AsS. The molecule has 6 heavy (non-hydrogen) atoms. The quantitative estimate of drug-likeness (QED) is 0.483. The Morgan fingerprint density at radius 3 is 2.67 bits per heavy atom. The molecule has 1 aromatic heterocycles. The molecular weight excluding hydrogens is 155 g/mol. The normalized spacial score (nSPS) is 8.83. The van der Waals surface area contributed by atoms with Gasteiger partial charge in [0.1, 0.15) is 0 Å². The van der Waals surface area contributed by atoms with Crippen molar-refractivity contribution in [1.29, 1.82) is 0 Å². The molecule has 0 aliphatic heterocycles. The van der Waals surface area contributed by atoms with Gasteiger partial charge in [-0.1, -0.05) is 0 Å². The van der Waals surface area contributed by atoms with Gasteiger partial charge in [0.15, 0.2) is 0 Å². The topological polar surface area (TPSA) is 0 Å². The van der Waals surface area contributed by atoms with Crippen LogP contribution in [0.5, 0.6) is 0 Å². The number of thiophene rings is 1. The van der Waals surface area contributed by atoms with Crippen molar-refractivity contribution < 1.29 is 0 Å². The van der Waals surface area contributed by atoms with Crippen LogP contribution in [0.3, 0.4) is 0 Å². The van der Waals surface area contributed by atoms with Crippen molar-refractivity contribution in [2.75, 3.05) is 0 Å². The minimum absolute atomic E-state index is 1.32. The van der Waals surface area contributed by atoms with E-state index in [0.29, 0.717) is 0 Å². The van der Waals surface area contributed by atoms with Crippen LogP contribution in [0.1, 0.15) is 0 Å². The van der Waals surface area contributed by atoms with Gasteiger partial charge in [-0.2, -0.15) is 0 Å². The molecule has 1 heterocycles. The van der Waals surface area contributed by atoms with Crippen molar-refractivity contribution in [3.63, 3.8) is 0 Å². The Balaban J connectivity index is 3.05. The Labute approximate surface area is 49.7 Å². The van der Waals surface area contributed by atoms with Crippen molar-refractivity contribution >= 4 is 31.9 Å². The molecule has 2 heteroatoms. The summed E-state index contributed by atoms with van der Waals surface area (Å²) in [5, 5.41) is 2.06. The van der Waals surface area contributed by atoms with E-state index in [9.17, 15) is 0 Å². The van der Waals surface area contributed by atoms with Gasteiger partial charge < -0.3 is 0 Å². The third kappa shape index (κ3) is 0.858. The number of hydrogen-bond acceptors (Lipinski definition) is 1. The molecule has 0 atom stereocenters. The fraction of sp³-hybridized carbons (Fsp3) is 0. The second kappa shape index (κ2) is 1.81. The van der Waals surface area contributed by atoms with Crippen LogP contribution in [-0.4, -0.2) is 16.9 Å². The first kappa shape index (κ1) is 4.42. The first-order valence-electron chi connectivity index (χ1n) is 1.62. The zero-order chi connectivity index (χ0) is 4.41. The Hall–Kier alpha value is 0.258. The van der Waals surface area contributed by atoms with E-state index >= 15 is 0 Å². The molecule has 0 aliphatic carbocycles. The fourth-order valence-electron chi connectivity index (χ4n) is 0.270. The number of hydrogen-bond donors (Lipinski definition) is 0. The van der Waals surface area contributed by atoms with Crippen molar-refractivity contribution in [3.05, 3.63) is 17.5 Å². The fourth-order valence-corrected chi connectivity index (χ4v) is 1.29. The molecule has 0 N–H and O–H groups in total. The molecule has 1 rings (SSSR count). The molecule has 0 amide bonds. The molecule has 0 nitrogen and oxygen atoms in total. The van der Waals surface area contributed by atoms with Crippen molar-refractivity contribution in [2.24, 2.45) is 0 Å². The summed E-state index contributed by atoms with van der Waals surface area (Å²) < 4.78 is 1.32. The average molecular weight is 158 g/mol. The van der Waals surface area contributed by atoms with E-state index in [-0.39, 0.29) is 0 Å². The molecule has 0 saturated carbocycles. The third-order valence-electron chi connectivity index (χ3n) is 0.506. The summed E-state index contributed by atoms with van der Waals surface area (Å²) in [7, 11) is 0. The predicted octanol–water partition coefficient (Wildman–Crippen LogP) is 0.542. The van der Waals surface area contributed by atoms with Gasteiger partial charge in [-0.05, 0) is 0 Å². The summed E-state index contributed by atoms with van der Waals surface area (Å²) in [6.07, 6.45) is 0. The second-order valence-corrected chi connectivity index (χ2v) is 3.57.